The van der Waals surface area contributed by atoms with Crippen LogP contribution in [0, 0.1) is 13.8 Å². The van der Waals surface area contributed by atoms with E-state index in [1.54, 1.807) is 4.52 Å². The highest BCUT2D eigenvalue weighted by molar-refractivity contribution is 7.15. The number of carbonyl (C=O) groups excluding carboxylic acids is 1. The molecule has 0 saturated carbocycles. The van der Waals surface area contributed by atoms with E-state index in [-0.39, 0.29) is 5.91 Å². The average molecular weight is 407 g/mol. The molecule has 0 radical (unpaired) electrons. The highest BCUT2D eigenvalue weighted by atomic mass is 32.1. The second-order valence-corrected chi connectivity index (χ2v) is 7.72. The highest BCUT2D eigenvalue weighted by Gasteiger charge is 2.13. The van der Waals surface area contributed by atoms with Gasteiger partial charge in [-0.05, 0) is 31.9 Å². The van der Waals surface area contributed by atoms with Crippen LogP contribution in [0.1, 0.15) is 24.0 Å². The number of rotatable bonds is 7. The van der Waals surface area contributed by atoms with Crippen molar-refractivity contribution in [1.82, 2.24) is 14.6 Å². The smallest absolute Gasteiger partial charge is 0.250 e. The summed E-state index contributed by atoms with van der Waals surface area (Å²) in [7, 11) is 0. The topological polar surface area (TPSA) is 68.5 Å². The van der Waals surface area contributed by atoms with Crippen LogP contribution in [-0.4, -0.2) is 27.1 Å². The van der Waals surface area contributed by atoms with Crippen LogP contribution >= 0.6 is 11.3 Å². The summed E-state index contributed by atoms with van der Waals surface area (Å²) in [6.45, 7) is 4.55. The monoisotopic (exact) mass is 406 g/mol. The average Bonchev–Trinajstić information content (AvgIpc) is 3.27. The first-order valence-corrected chi connectivity index (χ1v) is 10.4. The zero-order chi connectivity index (χ0) is 20.2. The number of hydrogen-bond acceptors (Lipinski definition) is 5. The van der Waals surface area contributed by atoms with Gasteiger partial charge in [0.15, 0.2) is 0 Å². The molecule has 0 aliphatic heterocycles. The normalized spacial score (nSPS) is 11.0. The first kappa shape index (κ1) is 19.1. The first-order chi connectivity index (χ1) is 14.1. The lowest BCUT2D eigenvalue weighted by molar-refractivity contribution is -0.116. The fourth-order valence-electron chi connectivity index (χ4n) is 2.98. The molecule has 4 rings (SSSR count). The van der Waals surface area contributed by atoms with Gasteiger partial charge in [0.2, 0.25) is 16.8 Å². The summed E-state index contributed by atoms with van der Waals surface area (Å²) >= 11 is 1.50. The molecule has 0 aliphatic carbocycles. The molecule has 1 amide bonds. The lowest BCUT2D eigenvalue weighted by Gasteiger charge is -2.08. The molecule has 2 aromatic carbocycles. The van der Waals surface area contributed by atoms with Crippen molar-refractivity contribution in [2.75, 3.05) is 11.9 Å². The molecule has 29 heavy (non-hydrogen) atoms. The Kier molecular flexibility index (Phi) is 5.57. The van der Waals surface area contributed by atoms with Crippen LogP contribution in [0.15, 0.2) is 53.9 Å². The zero-order valence-electron chi connectivity index (χ0n) is 16.4. The van der Waals surface area contributed by atoms with Gasteiger partial charge in [-0.25, -0.2) is 4.52 Å². The molecule has 0 saturated heterocycles. The Hall–Kier alpha value is -3.19. The zero-order valence-corrected chi connectivity index (χ0v) is 17.2. The summed E-state index contributed by atoms with van der Waals surface area (Å²) in [4.78, 5) is 17.4. The molecule has 0 aliphatic rings. The number of ether oxygens (including phenoxy) is 1. The van der Waals surface area contributed by atoms with Crippen molar-refractivity contribution in [3.63, 3.8) is 0 Å². The van der Waals surface area contributed by atoms with Crippen LogP contribution in [0.2, 0.25) is 0 Å². The minimum atomic E-state index is -0.117. The van der Waals surface area contributed by atoms with Crippen molar-refractivity contribution < 1.29 is 9.53 Å². The van der Waals surface area contributed by atoms with Gasteiger partial charge < -0.3 is 4.74 Å². The summed E-state index contributed by atoms with van der Waals surface area (Å²) in [5.41, 5.74) is 4.32. The lowest BCUT2D eigenvalue weighted by atomic mass is 10.1. The number of benzene rings is 2. The standard InChI is InChI=1S/C22H22N4O2S/c1-15-9-11-17(12-10-15)18-14-29-22-24-21(25-26(18)22)23-20(27)8-5-13-28-19-7-4-3-6-16(19)2/h3-4,6-7,9-12,14H,5,8,13H2,1-2H3,(H,23,25,27). The number of hydrogen-bond donors (Lipinski definition) is 1. The number of nitrogens with zero attached hydrogens (tertiary/aromatic N) is 3. The Labute approximate surface area is 173 Å². The molecule has 0 unspecified atom stereocenters. The third kappa shape index (κ3) is 4.46. The van der Waals surface area contributed by atoms with Gasteiger partial charge in [0.05, 0.1) is 12.3 Å². The van der Waals surface area contributed by atoms with Crippen molar-refractivity contribution in [1.29, 1.82) is 0 Å². The van der Waals surface area contributed by atoms with E-state index in [0.29, 0.717) is 25.4 Å². The molecular weight excluding hydrogens is 384 g/mol. The molecule has 4 aromatic rings. The molecule has 0 bridgehead atoms. The third-order valence-corrected chi connectivity index (χ3v) is 5.40. The van der Waals surface area contributed by atoms with Crippen LogP contribution in [0.3, 0.4) is 0 Å². The number of carbonyl (C=O) groups is 1. The quantitative estimate of drug-likeness (QED) is 0.445. The van der Waals surface area contributed by atoms with Gasteiger partial charge in [0, 0.05) is 17.4 Å². The maximum absolute atomic E-state index is 12.2. The van der Waals surface area contributed by atoms with E-state index in [9.17, 15) is 4.79 Å². The molecule has 2 heterocycles. The van der Waals surface area contributed by atoms with Gasteiger partial charge in [-0.2, -0.15) is 4.98 Å². The molecule has 0 atom stereocenters. The van der Waals surface area contributed by atoms with E-state index < -0.39 is 0 Å². The van der Waals surface area contributed by atoms with Crippen molar-refractivity contribution in [2.45, 2.75) is 26.7 Å². The minimum Gasteiger partial charge on any atom is -0.493 e. The van der Waals surface area contributed by atoms with E-state index >= 15 is 0 Å². The maximum Gasteiger partial charge on any atom is 0.250 e. The van der Waals surface area contributed by atoms with E-state index in [2.05, 4.69) is 46.6 Å². The summed E-state index contributed by atoms with van der Waals surface area (Å²) in [6.07, 6.45) is 0.973. The van der Waals surface area contributed by atoms with Crippen molar-refractivity contribution in [3.05, 3.63) is 65.0 Å². The third-order valence-electron chi connectivity index (χ3n) is 4.58. The Morgan fingerprint density at radius 2 is 1.93 bits per heavy atom. The lowest BCUT2D eigenvalue weighted by Crippen LogP contribution is -2.14. The number of aromatic nitrogens is 3. The molecule has 0 fully saturated rings. The number of anilines is 1. The fraction of sp³-hybridized carbons (Fsp3) is 0.227. The number of para-hydroxylation sites is 1. The largest absolute Gasteiger partial charge is 0.493 e. The summed E-state index contributed by atoms with van der Waals surface area (Å²) in [5.74, 6) is 1.07. The second kappa shape index (κ2) is 8.45. The van der Waals surface area contributed by atoms with Gasteiger partial charge in [-0.3, -0.25) is 10.1 Å². The van der Waals surface area contributed by atoms with Crippen molar-refractivity contribution in [3.8, 4) is 17.0 Å². The molecule has 2 aromatic heterocycles. The number of aryl methyl sites for hydroxylation is 2. The predicted molar refractivity (Wildman–Crippen MR) is 116 cm³/mol. The molecule has 0 spiro atoms. The van der Waals surface area contributed by atoms with E-state index in [0.717, 1.165) is 27.5 Å². The van der Waals surface area contributed by atoms with Gasteiger partial charge in [0.1, 0.15) is 5.75 Å². The van der Waals surface area contributed by atoms with Crippen LogP contribution in [0.5, 0.6) is 5.75 Å². The number of nitrogens with one attached hydrogen (secondary N) is 1. The Morgan fingerprint density at radius 3 is 2.72 bits per heavy atom. The number of fused-ring (bicyclic) bond motifs is 1. The van der Waals surface area contributed by atoms with Crippen molar-refractivity contribution in [2.24, 2.45) is 0 Å². The SMILES string of the molecule is Cc1ccc(-c2csc3nc(NC(=O)CCCOc4ccccc4C)nn23)cc1. The van der Waals surface area contributed by atoms with Crippen LogP contribution in [0.4, 0.5) is 5.95 Å². The highest BCUT2D eigenvalue weighted by Crippen LogP contribution is 2.26. The van der Waals surface area contributed by atoms with Gasteiger partial charge in [-0.15, -0.1) is 16.4 Å². The van der Waals surface area contributed by atoms with Crippen LogP contribution < -0.4 is 10.1 Å². The number of amides is 1. The molecule has 1 N–H and O–H groups in total. The molecule has 6 nitrogen and oxygen atoms in total. The van der Waals surface area contributed by atoms with E-state index in [1.165, 1.54) is 16.9 Å². The number of thiazole rings is 1. The van der Waals surface area contributed by atoms with Crippen LogP contribution in [-0.2, 0) is 4.79 Å². The maximum atomic E-state index is 12.2. The van der Waals surface area contributed by atoms with E-state index in [4.69, 9.17) is 4.74 Å². The van der Waals surface area contributed by atoms with Gasteiger partial charge >= 0.3 is 0 Å². The van der Waals surface area contributed by atoms with Gasteiger partial charge in [-0.1, -0.05) is 48.0 Å². The summed E-state index contributed by atoms with van der Waals surface area (Å²) in [6, 6.07) is 16.1. The molecule has 148 valence electrons. The summed E-state index contributed by atoms with van der Waals surface area (Å²) < 4.78 is 7.50. The Morgan fingerprint density at radius 1 is 1.14 bits per heavy atom. The minimum absolute atomic E-state index is 0.117. The summed E-state index contributed by atoms with van der Waals surface area (Å²) in [5, 5.41) is 9.26. The van der Waals surface area contributed by atoms with Crippen LogP contribution in [0.25, 0.3) is 16.2 Å². The van der Waals surface area contributed by atoms with Crippen molar-refractivity contribution >= 4 is 28.2 Å². The Balaban J connectivity index is 1.34. The first-order valence-electron chi connectivity index (χ1n) is 9.50. The fourth-order valence-corrected chi connectivity index (χ4v) is 3.81. The Bertz CT molecular complexity index is 1130. The second-order valence-electron chi connectivity index (χ2n) is 6.88. The van der Waals surface area contributed by atoms with E-state index in [1.807, 2.05) is 36.6 Å². The predicted octanol–water partition coefficient (Wildman–Crippen LogP) is 4.87. The molecule has 7 heteroatoms. The molecular formula is C22H22N4O2S. The van der Waals surface area contributed by atoms with Gasteiger partial charge in [0.25, 0.3) is 0 Å².